The topological polar surface area (TPSA) is 74.3 Å². The fourth-order valence-corrected chi connectivity index (χ4v) is 1.34. The summed E-state index contributed by atoms with van der Waals surface area (Å²) in [6.07, 6.45) is 1.34. The molecule has 0 saturated carbocycles. The van der Waals surface area contributed by atoms with Gasteiger partial charge in [0.2, 0.25) is 6.41 Å². The van der Waals surface area contributed by atoms with E-state index in [1.165, 1.54) is 0 Å². The summed E-state index contributed by atoms with van der Waals surface area (Å²) < 4.78 is 0. The third-order valence-electron chi connectivity index (χ3n) is 2.29. The fraction of sp³-hybridized carbons (Fsp3) is 0.417. The zero-order chi connectivity index (χ0) is 13.4. The summed E-state index contributed by atoms with van der Waals surface area (Å²) in [5, 5.41) is 5.28. The van der Waals surface area contributed by atoms with Gasteiger partial charge in [0.15, 0.2) is 0 Å². The predicted octanol–water partition coefficient (Wildman–Crippen LogP) is 0.0135. The molecular formula is C12H18N4O2. The molecule has 0 aliphatic rings. The van der Waals surface area contributed by atoms with Crippen molar-refractivity contribution >= 4 is 18.1 Å². The second kappa shape index (κ2) is 7.26. The van der Waals surface area contributed by atoms with Crippen molar-refractivity contribution in [1.82, 2.24) is 15.6 Å². The average molecular weight is 250 g/mol. The van der Waals surface area contributed by atoms with Gasteiger partial charge in [0, 0.05) is 27.2 Å². The highest BCUT2D eigenvalue weighted by atomic mass is 16.2. The van der Waals surface area contributed by atoms with E-state index in [4.69, 9.17) is 0 Å². The van der Waals surface area contributed by atoms with E-state index in [-0.39, 0.29) is 5.91 Å². The summed E-state index contributed by atoms with van der Waals surface area (Å²) in [5.74, 6) is 0.537. The van der Waals surface area contributed by atoms with Crippen LogP contribution in [0.2, 0.25) is 0 Å². The van der Waals surface area contributed by atoms with Gasteiger partial charge in [-0.05, 0) is 18.6 Å². The quantitative estimate of drug-likeness (QED) is 0.528. The maximum absolute atomic E-state index is 11.8. The van der Waals surface area contributed by atoms with Crippen LogP contribution in [0.25, 0.3) is 0 Å². The number of aromatic nitrogens is 1. The molecule has 98 valence electrons. The molecule has 1 rings (SSSR count). The number of anilines is 1. The number of carbonyl (C=O) groups is 2. The van der Waals surface area contributed by atoms with Crippen LogP contribution in [-0.4, -0.2) is 44.5 Å². The minimum atomic E-state index is -0.204. The molecule has 0 spiro atoms. The minimum Gasteiger partial charge on any atom is -0.363 e. The molecule has 2 N–H and O–H groups in total. The Hall–Kier alpha value is -2.11. The van der Waals surface area contributed by atoms with Crippen LogP contribution in [0.4, 0.5) is 5.82 Å². The van der Waals surface area contributed by atoms with E-state index in [2.05, 4.69) is 15.6 Å². The Labute approximate surface area is 106 Å². The van der Waals surface area contributed by atoms with Gasteiger partial charge in [-0.25, -0.2) is 4.98 Å². The Balaban J connectivity index is 2.46. The van der Waals surface area contributed by atoms with Gasteiger partial charge in [-0.1, -0.05) is 6.07 Å². The van der Waals surface area contributed by atoms with Crippen LogP contribution in [0.1, 0.15) is 16.9 Å². The predicted molar refractivity (Wildman–Crippen MR) is 69.6 cm³/mol. The molecule has 0 bridgehead atoms. The molecule has 1 heterocycles. The number of carbonyl (C=O) groups excluding carboxylic acids is 2. The molecule has 6 nitrogen and oxygen atoms in total. The summed E-state index contributed by atoms with van der Waals surface area (Å²) in [7, 11) is 3.74. The van der Waals surface area contributed by atoms with E-state index in [1.54, 1.807) is 12.1 Å². The molecule has 18 heavy (non-hydrogen) atoms. The Bertz CT molecular complexity index is 407. The van der Waals surface area contributed by atoms with E-state index >= 15 is 0 Å². The first-order valence-electron chi connectivity index (χ1n) is 5.74. The van der Waals surface area contributed by atoms with Crippen LogP contribution in [-0.2, 0) is 4.79 Å². The molecule has 0 atom stereocenters. The normalized spacial score (nSPS) is 9.67. The van der Waals surface area contributed by atoms with Gasteiger partial charge in [0.25, 0.3) is 5.91 Å². The molecule has 0 fully saturated rings. The van der Waals surface area contributed by atoms with Gasteiger partial charge in [-0.15, -0.1) is 0 Å². The number of hydrogen-bond donors (Lipinski definition) is 2. The van der Waals surface area contributed by atoms with E-state index < -0.39 is 0 Å². The standard InChI is InChI=1S/C12H18N4O2/c1-16(2)11-6-3-5-10(15-11)12(18)14-8-4-7-13-9-17/h3,5-6,9H,4,7-8H2,1-2H3,(H,13,17)(H,14,18). The summed E-state index contributed by atoms with van der Waals surface area (Å²) in [5.41, 5.74) is 0.393. The second-order valence-corrected chi connectivity index (χ2v) is 3.96. The van der Waals surface area contributed by atoms with Crippen molar-refractivity contribution in [1.29, 1.82) is 0 Å². The lowest BCUT2D eigenvalue weighted by Crippen LogP contribution is -2.28. The van der Waals surface area contributed by atoms with Crippen molar-refractivity contribution in [3.05, 3.63) is 23.9 Å². The molecule has 0 saturated heterocycles. The van der Waals surface area contributed by atoms with Crippen LogP contribution in [0.3, 0.4) is 0 Å². The smallest absolute Gasteiger partial charge is 0.269 e. The van der Waals surface area contributed by atoms with Crippen molar-refractivity contribution in [3.63, 3.8) is 0 Å². The average Bonchev–Trinajstić information content (AvgIpc) is 2.38. The molecule has 0 aliphatic carbocycles. The minimum absolute atomic E-state index is 0.204. The number of hydrogen-bond acceptors (Lipinski definition) is 4. The third kappa shape index (κ3) is 4.40. The maximum atomic E-state index is 11.8. The number of amides is 2. The van der Waals surface area contributed by atoms with Crippen LogP contribution < -0.4 is 15.5 Å². The van der Waals surface area contributed by atoms with Gasteiger partial charge in [0.05, 0.1) is 0 Å². The lowest BCUT2D eigenvalue weighted by atomic mass is 10.3. The molecule has 2 amide bonds. The molecule has 1 aromatic heterocycles. The van der Waals surface area contributed by atoms with Crippen LogP contribution in [0.5, 0.6) is 0 Å². The SMILES string of the molecule is CN(C)c1cccc(C(=O)NCCCNC=O)n1. The molecule has 6 heteroatoms. The van der Waals surface area contributed by atoms with Crippen LogP contribution >= 0.6 is 0 Å². The third-order valence-corrected chi connectivity index (χ3v) is 2.29. The first kappa shape index (κ1) is 14.0. The van der Waals surface area contributed by atoms with Gasteiger partial charge in [-0.3, -0.25) is 9.59 Å². The zero-order valence-corrected chi connectivity index (χ0v) is 10.6. The van der Waals surface area contributed by atoms with Gasteiger partial charge in [0.1, 0.15) is 11.5 Å². The van der Waals surface area contributed by atoms with Crippen LogP contribution in [0.15, 0.2) is 18.2 Å². The largest absolute Gasteiger partial charge is 0.363 e. The molecule has 0 unspecified atom stereocenters. The zero-order valence-electron chi connectivity index (χ0n) is 10.6. The lowest BCUT2D eigenvalue weighted by Gasteiger charge is -2.12. The second-order valence-electron chi connectivity index (χ2n) is 3.96. The Morgan fingerprint density at radius 3 is 2.83 bits per heavy atom. The summed E-state index contributed by atoms with van der Waals surface area (Å²) >= 11 is 0. The molecule has 0 aliphatic heterocycles. The van der Waals surface area contributed by atoms with E-state index in [0.717, 1.165) is 5.82 Å². The van der Waals surface area contributed by atoms with Gasteiger partial charge in [-0.2, -0.15) is 0 Å². The molecule has 1 aromatic rings. The lowest BCUT2D eigenvalue weighted by molar-refractivity contribution is -0.109. The maximum Gasteiger partial charge on any atom is 0.269 e. The highest BCUT2D eigenvalue weighted by Gasteiger charge is 2.07. The van der Waals surface area contributed by atoms with Gasteiger partial charge >= 0.3 is 0 Å². The molecular weight excluding hydrogens is 232 g/mol. The summed E-state index contributed by atoms with van der Waals surface area (Å²) in [6, 6.07) is 5.31. The van der Waals surface area contributed by atoms with Crippen molar-refractivity contribution in [2.24, 2.45) is 0 Å². The number of rotatable bonds is 7. The van der Waals surface area contributed by atoms with Gasteiger partial charge < -0.3 is 15.5 Å². The van der Waals surface area contributed by atoms with Crippen LogP contribution in [0, 0.1) is 0 Å². The Morgan fingerprint density at radius 2 is 2.17 bits per heavy atom. The molecule has 0 aromatic carbocycles. The number of nitrogens with one attached hydrogen (secondary N) is 2. The van der Waals surface area contributed by atoms with Crippen molar-refractivity contribution in [2.75, 3.05) is 32.1 Å². The number of nitrogens with zero attached hydrogens (tertiary/aromatic N) is 2. The fourth-order valence-electron chi connectivity index (χ4n) is 1.34. The van der Waals surface area contributed by atoms with E-state index in [1.807, 2.05) is 25.1 Å². The monoisotopic (exact) mass is 250 g/mol. The highest BCUT2D eigenvalue weighted by Crippen LogP contribution is 2.07. The van der Waals surface area contributed by atoms with E-state index in [9.17, 15) is 9.59 Å². The Kier molecular flexibility index (Phi) is 5.63. The van der Waals surface area contributed by atoms with E-state index in [0.29, 0.717) is 31.6 Å². The van der Waals surface area contributed by atoms with Crippen molar-refractivity contribution < 1.29 is 9.59 Å². The summed E-state index contributed by atoms with van der Waals surface area (Å²) in [6.45, 7) is 1.06. The first-order valence-corrected chi connectivity index (χ1v) is 5.74. The van der Waals surface area contributed by atoms with Crippen molar-refractivity contribution in [2.45, 2.75) is 6.42 Å². The first-order chi connectivity index (χ1) is 8.65. The number of pyridine rings is 1. The summed E-state index contributed by atoms with van der Waals surface area (Å²) in [4.78, 5) is 27.8. The Morgan fingerprint density at radius 1 is 1.39 bits per heavy atom. The van der Waals surface area contributed by atoms with Crippen molar-refractivity contribution in [3.8, 4) is 0 Å². The molecule has 0 radical (unpaired) electrons. The highest BCUT2D eigenvalue weighted by molar-refractivity contribution is 5.92.